The van der Waals surface area contributed by atoms with Crippen molar-refractivity contribution in [2.24, 2.45) is 7.05 Å². The number of nitriles is 1. The van der Waals surface area contributed by atoms with Crippen molar-refractivity contribution in [3.63, 3.8) is 0 Å². The van der Waals surface area contributed by atoms with Crippen LogP contribution >= 0.6 is 11.8 Å². The van der Waals surface area contributed by atoms with Crippen molar-refractivity contribution in [3.8, 4) is 17.6 Å². The van der Waals surface area contributed by atoms with E-state index in [2.05, 4.69) is 15.1 Å². The van der Waals surface area contributed by atoms with Crippen LogP contribution in [0, 0.1) is 11.3 Å². The Hall–Kier alpha value is -3.18. The highest BCUT2D eigenvalue weighted by molar-refractivity contribution is 7.99. The lowest BCUT2D eigenvalue weighted by Crippen LogP contribution is -2.21. The second-order valence-corrected chi connectivity index (χ2v) is 5.65. The second kappa shape index (κ2) is 6.93. The molecule has 8 heteroatoms. The molecule has 0 aliphatic carbocycles. The highest BCUT2D eigenvalue weighted by Gasteiger charge is 2.15. The fourth-order valence-corrected chi connectivity index (χ4v) is 2.57. The van der Waals surface area contributed by atoms with Gasteiger partial charge in [-0.05, 0) is 42.1 Å². The minimum atomic E-state index is -0.375. The smallest absolute Gasteiger partial charge is 0.310 e. The van der Waals surface area contributed by atoms with Gasteiger partial charge in [-0.15, -0.1) is 0 Å². The summed E-state index contributed by atoms with van der Waals surface area (Å²) in [6.07, 6.45) is 4.76. The third-order valence-electron chi connectivity index (χ3n) is 3.01. The van der Waals surface area contributed by atoms with Gasteiger partial charge in [0.2, 0.25) is 5.75 Å². The molecule has 0 spiro atoms. The van der Waals surface area contributed by atoms with Gasteiger partial charge in [0.05, 0.1) is 22.7 Å². The average Bonchev–Trinajstić information content (AvgIpc) is 2.63. The summed E-state index contributed by atoms with van der Waals surface area (Å²) in [4.78, 5) is 21.1. The Labute approximate surface area is 141 Å². The first-order valence-electron chi connectivity index (χ1n) is 6.86. The van der Waals surface area contributed by atoms with Crippen molar-refractivity contribution < 1.29 is 4.74 Å². The van der Waals surface area contributed by atoms with Crippen LogP contribution in [-0.4, -0.2) is 19.7 Å². The predicted molar refractivity (Wildman–Crippen MR) is 86.9 cm³/mol. The predicted octanol–water partition coefficient (Wildman–Crippen LogP) is 2.39. The summed E-state index contributed by atoms with van der Waals surface area (Å²) < 4.78 is 6.92. The molecule has 0 saturated heterocycles. The molecule has 0 aliphatic heterocycles. The van der Waals surface area contributed by atoms with Crippen molar-refractivity contribution in [2.75, 3.05) is 0 Å². The molecule has 0 fully saturated rings. The van der Waals surface area contributed by atoms with E-state index < -0.39 is 0 Å². The Bertz CT molecular complexity index is 949. The summed E-state index contributed by atoms with van der Waals surface area (Å²) in [5.41, 5.74) is 0.137. The lowest BCUT2D eigenvalue weighted by molar-refractivity contribution is 0.449. The molecule has 7 nitrogen and oxygen atoms in total. The molecule has 0 saturated carbocycles. The van der Waals surface area contributed by atoms with E-state index in [9.17, 15) is 4.79 Å². The average molecular weight is 337 g/mol. The molecule has 0 bridgehead atoms. The summed E-state index contributed by atoms with van der Waals surface area (Å²) >= 11 is 1.19. The first kappa shape index (κ1) is 15.7. The van der Waals surface area contributed by atoms with Gasteiger partial charge in [-0.1, -0.05) is 0 Å². The zero-order chi connectivity index (χ0) is 16.9. The van der Waals surface area contributed by atoms with E-state index in [1.54, 1.807) is 49.8 Å². The first-order chi connectivity index (χ1) is 11.7. The number of hydrogen-bond donors (Lipinski definition) is 0. The van der Waals surface area contributed by atoms with Gasteiger partial charge in [0.25, 0.3) is 0 Å². The third kappa shape index (κ3) is 3.42. The van der Waals surface area contributed by atoms with Gasteiger partial charge in [0, 0.05) is 19.4 Å². The molecule has 3 rings (SSSR count). The van der Waals surface area contributed by atoms with Gasteiger partial charge in [0.15, 0.2) is 5.16 Å². The monoisotopic (exact) mass is 337 g/mol. The normalized spacial score (nSPS) is 10.2. The van der Waals surface area contributed by atoms with Crippen LogP contribution in [0.15, 0.2) is 63.8 Å². The summed E-state index contributed by atoms with van der Waals surface area (Å²) in [7, 11) is 1.54. The lowest BCUT2D eigenvalue weighted by Gasteiger charge is -2.10. The number of aromatic nitrogens is 4. The molecule has 3 aromatic rings. The Balaban J connectivity index is 1.97. The van der Waals surface area contributed by atoms with Crippen LogP contribution in [0.5, 0.6) is 11.5 Å². The van der Waals surface area contributed by atoms with Gasteiger partial charge in [-0.25, -0.2) is 14.6 Å². The largest absolute Gasteiger partial charge is 0.450 e. The third-order valence-corrected chi connectivity index (χ3v) is 3.91. The Morgan fingerprint density at radius 1 is 1.21 bits per heavy atom. The van der Waals surface area contributed by atoms with Crippen LogP contribution in [0.3, 0.4) is 0 Å². The fourth-order valence-electron chi connectivity index (χ4n) is 1.82. The zero-order valence-electron chi connectivity index (χ0n) is 12.6. The molecule has 0 N–H and O–H groups in total. The van der Waals surface area contributed by atoms with Crippen molar-refractivity contribution in [2.45, 2.75) is 10.1 Å². The summed E-state index contributed by atoms with van der Waals surface area (Å²) in [5, 5.41) is 13.3. The molecule has 0 amide bonds. The maximum atomic E-state index is 12.4. The highest BCUT2D eigenvalue weighted by atomic mass is 32.2. The molecule has 1 aromatic carbocycles. The van der Waals surface area contributed by atoms with E-state index >= 15 is 0 Å². The Morgan fingerprint density at radius 2 is 1.92 bits per heavy atom. The molecule has 118 valence electrons. The standard InChI is InChI=1S/C16H11N5O2S/c1-21-15(22)14(23-12-5-3-11(9-17)4-6-12)13(10-20-21)24-16-18-7-2-8-19-16/h2-8,10H,1H3. The summed E-state index contributed by atoms with van der Waals surface area (Å²) in [6, 6.07) is 10.2. The topological polar surface area (TPSA) is 93.7 Å². The zero-order valence-corrected chi connectivity index (χ0v) is 13.4. The second-order valence-electron chi connectivity index (χ2n) is 4.64. The fraction of sp³-hybridized carbons (Fsp3) is 0.0625. The molecule has 0 radical (unpaired) electrons. The maximum absolute atomic E-state index is 12.4. The number of benzene rings is 1. The molecule has 24 heavy (non-hydrogen) atoms. The van der Waals surface area contributed by atoms with Gasteiger partial charge < -0.3 is 4.74 Å². The van der Waals surface area contributed by atoms with Crippen molar-refractivity contribution >= 4 is 11.8 Å². The minimum absolute atomic E-state index is 0.134. The van der Waals surface area contributed by atoms with Crippen molar-refractivity contribution in [1.29, 1.82) is 5.26 Å². The van der Waals surface area contributed by atoms with E-state index in [1.807, 2.05) is 6.07 Å². The van der Waals surface area contributed by atoms with Crippen LogP contribution < -0.4 is 10.3 Å². The number of rotatable bonds is 4. The number of hydrogen-bond acceptors (Lipinski definition) is 7. The van der Waals surface area contributed by atoms with E-state index in [0.29, 0.717) is 21.4 Å². The van der Waals surface area contributed by atoms with Gasteiger partial charge >= 0.3 is 5.56 Å². The van der Waals surface area contributed by atoms with Gasteiger partial charge in [-0.2, -0.15) is 10.4 Å². The van der Waals surface area contributed by atoms with Gasteiger partial charge in [-0.3, -0.25) is 4.79 Å². The van der Waals surface area contributed by atoms with E-state index in [1.165, 1.54) is 22.6 Å². The Morgan fingerprint density at radius 3 is 2.58 bits per heavy atom. The van der Waals surface area contributed by atoms with Crippen LogP contribution in [0.1, 0.15) is 5.56 Å². The number of nitrogens with zero attached hydrogens (tertiary/aromatic N) is 5. The molecule has 2 heterocycles. The maximum Gasteiger partial charge on any atom is 0.310 e. The van der Waals surface area contributed by atoms with Crippen molar-refractivity contribution in [3.05, 3.63) is 64.8 Å². The number of aryl methyl sites for hydroxylation is 1. The summed E-state index contributed by atoms with van der Waals surface area (Å²) in [6.45, 7) is 0. The van der Waals surface area contributed by atoms with Crippen LogP contribution in [0.4, 0.5) is 0 Å². The molecular weight excluding hydrogens is 326 g/mol. The van der Waals surface area contributed by atoms with Crippen LogP contribution in [-0.2, 0) is 7.05 Å². The molecule has 0 unspecified atom stereocenters. The number of ether oxygens (including phenoxy) is 1. The SMILES string of the molecule is Cn1ncc(Sc2ncccn2)c(Oc2ccc(C#N)cc2)c1=O. The minimum Gasteiger partial charge on any atom is -0.450 e. The Kier molecular flexibility index (Phi) is 4.54. The van der Waals surface area contributed by atoms with Crippen molar-refractivity contribution in [1.82, 2.24) is 19.7 Å². The van der Waals surface area contributed by atoms with E-state index in [4.69, 9.17) is 10.00 Å². The van der Waals surface area contributed by atoms with Gasteiger partial charge in [0.1, 0.15) is 5.75 Å². The summed E-state index contributed by atoms with van der Waals surface area (Å²) in [5.74, 6) is 0.586. The highest BCUT2D eigenvalue weighted by Crippen LogP contribution is 2.32. The van der Waals surface area contributed by atoms with Crippen LogP contribution in [0.2, 0.25) is 0 Å². The molecule has 0 atom stereocenters. The molecular formula is C16H11N5O2S. The lowest BCUT2D eigenvalue weighted by atomic mass is 10.2. The quantitative estimate of drug-likeness (QED) is 0.675. The molecule has 0 aliphatic rings. The first-order valence-corrected chi connectivity index (χ1v) is 7.68. The molecule has 2 aromatic heterocycles. The van der Waals surface area contributed by atoms with Crippen LogP contribution in [0.25, 0.3) is 0 Å². The van der Waals surface area contributed by atoms with E-state index in [0.717, 1.165) is 0 Å². The van der Waals surface area contributed by atoms with E-state index in [-0.39, 0.29) is 11.3 Å².